The number of hydrogen-bond donors (Lipinski definition) is 3. The van der Waals surface area contributed by atoms with Gasteiger partial charge in [0.05, 0.1) is 28.6 Å². The topological polar surface area (TPSA) is 108 Å². The maximum atomic E-state index is 13.5. The fourth-order valence-corrected chi connectivity index (χ4v) is 5.68. The third-order valence-corrected chi connectivity index (χ3v) is 7.12. The second-order valence-corrected chi connectivity index (χ2v) is 8.86. The summed E-state index contributed by atoms with van der Waals surface area (Å²) in [5.74, 6) is -2.06. The van der Waals surface area contributed by atoms with Crippen LogP contribution in [0.3, 0.4) is 0 Å². The van der Waals surface area contributed by atoms with E-state index in [1.807, 2.05) is 0 Å². The first-order valence-corrected chi connectivity index (χ1v) is 11.2. The van der Waals surface area contributed by atoms with Crippen molar-refractivity contribution in [1.82, 2.24) is 10.2 Å². The molecular weight excluding hydrogens is 422 g/mol. The van der Waals surface area contributed by atoms with Gasteiger partial charge in [0.25, 0.3) is 0 Å². The summed E-state index contributed by atoms with van der Waals surface area (Å²) in [4.78, 5) is 41.2. The number of para-hydroxylation sites is 1. The second-order valence-electron chi connectivity index (χ2n) is 8.46. The highest BCUT2D eigenvalue weighted by Crippen LogP contribution is 2.58. The van der Waals surface area contributed by atoms with Gasteiger partial charge in [0.2, 0.25) is 17.7 Å². The van der Waals surface area contributed by atoms with Crippen LogP contribution in [0.1, 0.15) is 32.1 Å². The van der Waals surface area contributed by atoms with Gasteiger partial charge in [0, 0.05) is 20.2 Å². The number of nitrogens with one attached hydrogen (secondary N) is 2. The van der Waals surface area contributed by atoms with Crippen molar-refractivity contribution in [3.05, 3.63) is 29.3 Å². The van der Waals surface area contributed by atoms with Crippen LogP contribution in [-0.4, -0.2) is 65.7 Å². The van der Waals surface area contributed by atoms with Crippen LogP contribution in [0.5, 0.6) is 0 Å². The molecule has 3 N–H and O–H groups in total. The lowest BCUT2D eigenvalue weighted by Gasteiger charge is -2.33. The zero-order chi connectivity index (χ0) is 22.2. The molecule has 3 aliphatic heterocycles. The van der Waals surface area contributed by atoms with Crippen LogP contribution in [0.4, 0.5) is 5.69 Å². The van der Waals surface area contributed by atoms with Crippen molar-refractivity contribution in [2.75, 3.05) is 25.5 Å². The number of likely N-dealkylation sites (tertiary alicyclic amines) is 1. The molecule has 1 spiro atoms. The van der Waals surface area contributed by atoms with Crippen molar-refractivity contribution in [3.63, 3.8) is 0 Å². The monoisotopic (exact) mass is 449 g/mol. The number of aliphatic hydroxyl groups excluding tert-OH is 1. The largest absolute Gasteiger partial charge is 0.396 e. The van der Waals surface area contributed by atoms with E-state index in [0.29, 0.717) is 42.9 Å². The van der Waals surface area contributed by atoms with Gasteiger partial charge < -0.3 is 25.4 Å². The number of rotatable bonds is 8. The SMILES string of the molecule is CNC(=O)[C@@H]1[C@H]2C(=O)N(CCCCCO)C(C(=O)Nc3ccccc3Cl)C23CC[C@H]1O3. The van der Waals surface area contributed by atoms with Gasteiger partial charge in [-0.2, -0.15) is 0 Å². The number of unbranched alkanes of at least 4 members (excludes halogenated alkanes) is 2. The van der Waals surface area contributed by atoms with Crippen molar-refractivity contribution in [1.29, 1.82) is 0 Å². The Kier molecular flexibility index (Phi) is 6.23. The molecule has 5 atom stereocenters. The number of hydrogen-bond acceptors (Lipinski definition) is 5. The van der Waals surface area contributed by atoms with Crippen LogP contribution in [-0.2, 0) is 19.1 Å². The van der Waals surface area contributed by atoms with Crippen LogP contribution >= 0.6 is 11.6 Å². The van der Waals surface area contributed by atoms with Crippen LogP contribution in [0.15, 0.2) is 24.3 Å². The molecule has 3 heterocycles. The lowest BCUT2D eigenvalue weighted by atomic mass is 9.70. The normalized spacial score (nSPS) is 31.1. The quantitative estimate of drug-likeness (QED) is 0.522. The van der Waals surface area contributed by atoms with Crippen LogP contribution in [0.25, 0.3) is 0 Å². The molecule has 2 unspecified atom stereocenters. The number of aliphatic hydroxyl groups is 1. The molecule has 3 aliphatic rings. The molecule has 168 valence electrons. The summed E-state index contributed by atoms with van der Waals surface area (Å²) in [6, 6.07) is 6.10. The highest BCUT2D eigenvalue weighted by Gasteiger charge is 2.74. The minimum absolute atomic E-state index is 0.0838. The fourth-order valence-electron chi connectivity index (χ4n) is 5.50. The molecule has 3 amide bonds. The summed E-state index contributed by atoms with van der Waals surface area (Å²) in [5, 5.41) is 15.0. The molecule has 8 nitrogen and oxygen atoms in total. The van der Waals surface area contributed by atoms with E-state index in [0.717, 1.165) is 6.42 Å². The highest BCUT2D eigenvalue weighted by atomic mass is 35.5. The van der Waals surface area contributed by atoms with Crippen molar-refractivity contribution in [3.8, 4) is 0 Å². The molecule has 0 aromatic heterocycles. The molecule has 3 fully saturated rings. The minimum atomic E-state index is -1.01. The molecule has 9 heteroatoms. The van der Waals surface area contributed by atoms with E-state index in [9.17, 15) is 14.4 Å². The Morgan fingerprint density at radius 3 is 2.74 bits per heavy atom. The van der Waals surface area contributed by atoms with Gasteiger partial charge in [-0.3, -0.25) is 14.4 Å². The average molecular weight is 450 g/mol. The lowest BCUT2D eigenvalue weighted by molar-refractivity contribution is -0.140. The molecular formula is C22H28ClN3O5. The molecule has 1 aromatic rings. The Bertz CT molecular complexity index is 880. The van der Waals surface area contributed by atoms with Crippen LogP contribution in [0.2, 0.25) is 5.02 Å². The first-order chi connectivity index (χ1) is 14.9. The lowest BCUT2D eigenvalue weighted by Crippen LogP contribution is -2.53. The zero-order valence-electron chi connectivity index (χ0n) is 17.5. The predicted molar refractivity (Wildman–Crippen MR) is 114 cm³/mol. The number of halogens is 1. The summed E-state index contributed by atoms with van der Waals surface area (Å²) in [7, 11) is 1.55. The molecule has 2 bridgehead atoms. The average Bonchev–Trinajstić information content (AvgIpc) is 3.40. The fraction of sp³-hybridized carbons (Fsp3) is 0.591. The number of carbonyl (C=O) groups is 3. The third-order valence-electron chi connectivity index (χ3n) is 6.79. The molecule has 0 saturated carbocycles. The smallest absolute Gasteiger partial charge is 0.250 e. The highest BCUT2D eigenvalue weighted by molar-refractivity contribution is 6.33. The number of nitrogens with zero attached hydrogens (tertiary/aromatic N) is 1. The number of amides is 3. The van der Waals surface area contributed by atoms with E-state index in [2.05, 4.69) is 10.6 Å². The first-order valence-electron chi connectivity index (χ1n) is 10.8. The number of benzene rings is 1. The molecule has 31 heavy (non-hydrogen) atoms. The summed E-state index contributed by atoms with van der Waals surface area (Å²) in [6.45, 7) is 0.451. The van der Waals surface area contributed by atoms with Gasteiger partial charge in [-0.15, -0.1) is 0 Å². The molecule has 0 radical (unpaired) electrons. The van der Waals surface area contributed by atoms with E-state index in [-0.39, 0.29) is 30.4 Å². The third kappa shape index (κ3) is 3.60. The van der Waals surface area contributed by atoms with Crippen molar-refractivity contribution < 1.29 is 24.2 Å². The Hall–Kier alpha value is -2.16. The maximum absolute atomic E-state index is 13.5. The minimum Gasteiger partial charge on any atom is -0.396 e. The van der Waals surface area contributed by atoms with Crippen molar-refractivity contribution in [2.24, 2.45) is 11.8 Å². The Morgan fingerprint density at radius 2 is 2.03 bits per heavy atom. The number of fused-ring (bicyclic) bond motifs is 1. The van der Waals surface area contributed by atoms with Crippen molar-refractivity contribution >= 4 is 35.0 Å². The zero-order valence-corrected chi connectivity index (χ0v) is 18.2. The summed E-state index contributed by atoms with van der Waals surface area (Å²) < 4.78 is 6.29. The van der Waals surface area contributed by atoms with Crippen molar-refractivity contribution in [2.45, 2.75) is 49.9 Å². The second kappa shape index (κ2) is 8.76. The van der Waals surface area contributed by atoms with Gasteiger partial charge in [-0.1, -0.05) is 23.7 Å². The van der Waals surface area contributed by atoms with E-state index >= 15 is 0 Å². The predicted octanol–water partition coefficient (Wildman–Crippen LogP) is 1.56. The standard InChI is InChI=1S/C22H28ClN3O5/c1-24-19(28)16-15-9-10-22(31-15)17(16)21(30)26(11-5-2-6-12-27)18(22)20(29)25-14-8-4-3-7-13(14)23/h3-4,7-8,15-18,27H,2,5-6,9-12H2,1H3,(H,24,28)(H,25,29)/t15-,16+,17+,18?,22?/m1/s1. The summed E-state index contributed by atoms with van der Waals surface area (Å²) in [5.41, 5.74) is -0.543. The Morgan fingerprint density at radius 1 is 1.26 bits per heavy atom. The molecule has 0 aliphatic carbocycles. The Labute approximate surface area is 186 Å². The molecule has 1 aromatic carbocycles. The maximum Gasteiger partial charge on any atom is 0.250 e. The van der Waals surface area contributed by atoms with E-state index < -0.39 is 23.5 Å². The van der Waals surface area contributed by atoms with Gasteiger partial charge >= 0.3 is 0 Å². The molecule has 3 saturated heterocycles. The van der Waals surface area contributed by atoms with Crippen LogP contribution < -0.4 is 10.6 Å². The number of anilines is 1. The van der Waals surface area contributed by atoms with Gasteiger partial charge in [-0.05, 0) is 44.2 Å². The van der Waals surface area contributed by atoms with Gasteiger partial charge in [0.1, 0.15) is 11.6 Å². The van der Waals surface area contributed by atoms with E-state index in [1.165, 1.54) is 0 Å². The van der Waals surface area contributed by atoms with Gasteiger partial charge in [-0.25, -0.2) is 0 Å². The summed E-state index contributed by atoms with van der Waals surface area (Å²) >= 11 is 6.23. The number of ether oxygens (including phenoxy) is 1. The van der Waals surface area contributed by atoms with E-state index in [1.54, 1.807) is 36.2 Å². The van der Waals surface area contributed by atoms with Crippen LogP contribution in [0, 0.1) is 11.8 Å². The number of carbonyl (C=O) groups excluding carboxylic acids is 3. The summed E-state index contributed by atoms with van der Waals surface area (Å²) in [6.07, 6.45) is 2.84. The van der Waals surface area contributed by atoms with Gasteiger partial charge in [0.15, 0.2) is 0 Å². The molecule has 4 rings (SSSR count). The Balaban J connectivity index is 1.65. The first kappa shape index (κ1) is 22.0. The van der Waals surface area contributed by atoms with E-state index in [4.69, 9.17) is 21.4 Å².